The molecule has 0 amide bonds. The van der Waals surface area contributed by atoms with Crippen molar-refractivity contribution in [3.05, 3.63) is 24.3 Å². The van der Waals surface area contributed by atoms with E-state index in [-0.39, 0.29) is 12.7 Å². The number of rotatable bonds is 5. The highest BCUT2D eigenvalue weighted by Crippen LogP contribution is 2.26. The zero-order chi connectivity index (χ0) is 12.1. The molecule has 1 heterocycles. The van der Waals surface area contributed by atoms with Crippen LogP contribution in [0.2, 0.25) is 0 Å². The molecule has 1 aliphatic heterocycles. The number of benzene rings is 1. The van der Waals surface area contributed by atoms with E-state index in [1.165, 1.54) is 0 Å². The Kier molecular flexibility index (Phi) is 4.19. The fourth-order valence-electron chi connectivity index (χ4n) is 1.61. The molecule has 1 aromatic carbocycles. The highest BCUT2D eigenvalue weighted by Gasteiger charge is 2.25. The summed E-state index contributed by atoms with van der Waals surface area (Å²) in [6.45, 7) is 0.669. The van der Waals surface area contributed by atoms with Gasteiger partial charge in [0, 0.05) is 0 Å². The van der Waals surface area contributed by atoms with E-state index in [0.29, 0.717) is 24.7 Å². The normalized spacial score (nSPS) is 23.6. The number of hydrogen-bond donors (Lipinski definition) is 1. The van der Waals surface area contributed by atoms with E-state index < -0.39 is 6.29 Å². The van der Waals surface area contributed by atoms with Gasteiger partial charge in [-0.3, -0.25) is 0 Å². The van der Waals surface area contributed by atoms with Gasteiger partial charge in [0.2, 0.25) is 0 Å². The van der Waals surface area contributed by atoms with Crippen molar-refractivity contribution >= 4 is 0 Å². The van der Waals surface area contributed by atoms with Crippen molar-refractivity contribution in [1.29, 1.82) is 0 Å². The highest BCUT2D eigenvalue weighted by atomic mass is 16.7. The summed E-state index contributed by atoms with van der Waals surface area (Å²) in [6, 6.07) is 7.42. The summed E-state index contributed by atoms with van der Waals surface area (Å²) in [5.41, 5.74) is 0. The molecule has 1 fully saturated rings. The second kappa shape index (κ2) is 5.86. The standard InChI is InChI=1S/C12H16O5/c1-14-10-4-2-3-5-11(10)15-7-9-8-16-12(6-13)17-9/h2-5,9,12-13H,6-8H2,1H3. The third-order valence-corrected chi connectivity index (χ3v) is 2.46. The Morgan fingerprint density at radius 2 is 2.12 bits per heavy atom. The molecule has 2 unspecified atom stereocenters. The number of hydrogen-bond acceptors (Lipinski definition) is 5. The second-order valence-corrected chi connectivity index (χ2v) is 3.67. The second-order valence-electron chi connectivity index (χ2n) is 3.67. The van der Waals surface area contributed by atoms with E-state index in [4.69, 9.17) is 24.1 Å². The fourth-order valence-corrected chi connectivity index (χ4v) is 1.61. The number of ether oxygens (including phenoxy) is 4. The monoisotopic (exact) mass is 240 g/mol. The first-order valence-electron chi connectivity index (χ1n) is 5.47. The molecule has 2 atom stereocenters. The summed E-state index contributed by atoms with van der Waals surface area (Å²) in [6.07, 6.45) is -0.682. The van der Waals surface area contributed by atoms with Gasteiger partial charge in [-0.05, 0) is 12.1 Å². The average molecular weight is 240 g/mol. The van der Waals surface area contributed by atoms with Crippen molar-refractivity contribution in [2.24, 2.45) is 0 Å². The minimum atomic E-state index is -0.527. The van der Waals surface area contributed by atoms with Gasteiger partial charge in [0.25, 0.3) is 0 Å². The number of para-hydroxylation sites is 2. The Hall–Kier alpha value is -1.30. The van der Waals surface area contributed by atoms with Crippen LogP contribution >= 0.6 is 0 Å². The Morgan fingerprint density at radius 1 is 1.35 bits per heavy atom. The smallest absolute Gasteiger partial charge is 0.181 e. The predicted octanol–water partition coefficient (Wildman–Crippen LogP) is 0.808. The number of aliphatic hydroxyl groups is 1. The first-order valence-corrected chi connectivity index (χ1v) is 5.47. The van der Waals surface area contributed by atoms with Crippen molar-refractivity contribution in [2.45, 2.75) is 12.4 Å². The lowest BCUT2D eigenvalue weighted by Crippen LogP contribution is -2.22. The largest absolute Gasteiger partial charge is 0.493 e. The van der Waals surface area contributed by atoms with Gasteiger partial charge in [-0.25, -0.2) is 0 Å². The third kappa shape index (κ3) is 3.09. The van der Waals surface area contributed by atoms with E-state index in [1.807, 2.05) is 24.3 Å². The maximum atomic E-state index is 8.84. The summed E-state index contributed by atoms with van der Waals surface area (Å²) >= 11 is 0. The van der Waals surface area contributed by atoms with Crippen LogP contribution in [-0.2, 0) is 9.47 Å². The van der Waals surface area contributed by atoms with E-state index in [1.54, 1.807) is 7.11 Å². The quantitative estimate of drug-likeness (QED) is 0.825. The third-order valence-electron chi connectivity index (χ3n) is 2.46. The molecule has 1 N–H and O–H groups in total. The van der Waals surface area contributed by atoms with Crippen LogP contribution in [-0.4, -0.2) is 44.4 Å². The fraction of sp³-hybridized carbons (Fsp3) is 0.500. The van der Waals surface area contributed by atoms with Crippen molar-refractivity contribution in [3.63, 3.8) is 0 Å². The molecule has 0 saturated carbocycles. The molecule has 1 aromatic rings. The van der Waals surface area contributed by atoms with Crippen LogP contribution in [0.4, 0.5) is 0 Å². The van der Waals surface area contributed by atoms with Crippen LogP contribution in [0, 0.1) is 0 Å². The van der Waals surface area contributed by atoms with Crippen LogP contribution in [0.15, 0.2) is 24.3 Å². The van der Waals surface area contributed by atoms with Gasteiger partial charge < -0.3 is 24.1 Å². The van der Waals surface area contributed by atoms with Crippen molar-refractivity contribution in [1.82, 2.24) is 0 Å². The molecule has 17 heavy (non-hydrogen) atoms. The molecule has 0 aliphatic carbocycles. The van der Waals surface area contributed by atoms with Gasteiger partial charge in [-0.2, -0.15) is 0 Å². The molecule has 0 aromatic heterocycles. The summed E-state index contributed by atoms with van der Waals surface area (Å²) in [4.78, 5) is 0. The predicted molar refractivity (Wildman–Crippen MR) is 60.2 cm³/mol. The number of aliphatic hydroxyl groups excluding tert-OH is 1. The lowest BCUT2D eigenvalue weighted by molar-refractivity contribution is -0.0917. The van der Waals surface area contributed by atoms with E-state index in [9.17, 15) is 0 Å². The highest BCUT2D eigenvalue weighted by molar-refractivity contribution is 5.39. The molecule has 5 heteroatoms. The first-order chi connectivity index (χ1) is 8.33. The molecule has 2 rings (SSSR count). The number of methoxy groups -OCH3 is 1. The topological polar surface area (TPSA) is 57.2 Å². The van der Waals surface area contributed by atoms with Crippen LogP contribution in [0.25, 0.3) is 0 Å². The van der Waals surface area contributed by atoms with E-state index in [2.05, 4.69) is 0 Å². The molecule has 0 radical (unpaired) electrons. The summed E-state index contributed by atoms with van der Waals surface area (Å²) in [5, 5.41) is 8.84. The van der Waals surface area contributed by atoms with Crippen molar-refractivity contribution < 1.29 is 24.1 Å². The summed E-state index contributed by atoms with van der Waals surface area (Å²) in [7, 11) is 1.60. The van der Waals surface area contributed by atoms with Crippen LogP contribution in [0.1, 0.15) is 0 Å². The maximum absolute atomic E-state index is 8.84. The van der Waals surface area contributed by atoms with Gasteiger partial charge in [0.15, 0.2) is 17.8 Å². The van der Waals surface area contributed by atoms with Crippen LogP contribution in [0.3, 0.4) is 0 Å². The zero-order valence-electron chi connectivity index (χ0n) is 9.67. The summed E-state index contributed by atoms with van der Waals surface area (Å²) < 4.78 is 21.3. The minimum absolute atomic E-state index is 0.134. The molecule has 1 saturated heterocycles. The Balaban J connectivity index is 1.85. The molecule has 0 spiro atoms. The molecule has 5 nitrogen and oxygen atoms in total. The average Bonchev–Trinajstić information content (AvgIpc) is 2.84. The van der Waals surface area contributed by atoms with Crippen molar-refractivity contribution in [3.8, 4) is 11.5 Å². The molecular weight excluding hydrogens is 224 g/mol. The SMILES string of the molecule is COc1ccccc1OCC1COC(CO)O1. The Labute approximate surface area is 99.9 Å². The molecule has 1 aliphatic rings. The molecule has 94 valence electrons. The van der Waals surface area contributed by atoms with Gasteiger partial charge in [0.05, 0.1) is 20.3 Å². The lowest BCUT2D eigenvalue weighted by Gasteiger charge is -2.13. The maximum Gasteiger partial charge on any atom is 0.181 e. The van der Waals surface area contributed by atoms with Crippen molar-refractivity contribution in [2.75, 3.05) is 26.9 Å². The van der Waals surface area contributed by atoms with Gasteiger partial charge in [-0.15, -0.1) is 0 Å². The Bertz CT molecular complexity index is 355. The van der Waals surface area contributed by atoms with E-state index in [0.717, 1.165) is 0 Å². The van der Waals surface area contributed by atoms with Gasteiger partial charge in [0.1, 0.15) is 12.7 Å². The van der Waals surface area contributed by atoms with E-state index >= 15 is 0 Å². The van der Waals surface area contributed by atoms with Gasteiger partial charge in [-0.1, -0.05) is 12.1 Å². The Morgan fingerprint density at radius 3 is 2.76 bits per heavy atom. The van der Waals surface area contributed by atoms with Crippen LogP contribution in [0.5, 0.6) is 11.5 Å². The van der Waals surface area contributed by atoms with Crippen LogP contribution < -0.4 is 9.47 Å². The zero-order valence-corrected chi connectivity index (χ0v) is 9.67. The minimum Gasteiger partial charge on any atom is -0.493 e. The molecular formula is C12H16O5. The lowest BCUT2D eigenvalue weighted by atomic mass is 10.3. The van der Waals surface area contributed by atoms with Gasteiger partial charge >= 0.3 is 0 Å². The summed E-state index contributed by atoms with van der Waals surface area (Å²) in [5.74, 6) is 1.36. The first kappa shape index (κ1) is 12.2. The molecule has 0 bridgehead atoms.